The Kier molecular flexibility index (Phi) is 4.96. The first-order valence-corrected chi connectivity index (χ1v) is 10.1. The van der Waals surface area contributed by atoms with Crippen molar-refractivity contribution in [1.82, 2.24) is 20.2 Å². The van der Waals surface area contributed by atoms with Gasteiger partial charge in [0, 0.05) is 11.3 Å². The van der Waals surface area contributed by atoms with E-state index in [1.165, 1.54) is 24.3 Å². The Morgan fingerprint density at radius 3 is 2.34 bits per heavy atom. The highest BCUT2D eigenvalue weighted by molar-refractivity contribution is 7.92. The number of benzene rings is 2. The summed E-state index contributed by atoms with van der Waals surface area (Å²) < 4.78 is 94.1. The molecule has 0 aliphatic rings. The van der Waals surface area contributed by atoms with Crippen molar-refractivity contribution in [3.05, 3.63) is 59.8 Å². The van der Waals surface area contributed by atoms with Gasteiger partial charge in [-0.25, -0.2) is 27.2 Å². The Hall–Kier alpha value is -3.81. The molecule has 14 heteroatoms. The molecule has 0 atom stereocenters. The van der Waals surface area contributed by atoms with Crippen LogP contribution < -0.4 is 10.5 Å². The minimum Gasteiger partial charge on any atom is -0.382 e. The third-order valence-corrected chi connectivity index (χ3v) is 5.69. The first kappa shape index (κ1) is 21.4. The van der Waals surface area contributed by atoms with Crippen LogP contribution in [0.15, 0.2) is 47.4 Å². The second-order valence-corrected chi connectivity index (χ2v) is 8.13. The van der Waals surface area contributed by atoms with Crippen LogP contribution >= 0.6 is 0 Å². The number of anilines is 2. The van der Waals surface area contributed by atoms with E-state index in [0.29, 0.717) is 12.1 Å². The van der Waals surface area contributed by atoms with Gasteiger partial charge in [0.15, 0.2) is 23.0 Å². The first-order valence-electron chi connectivity index (χ1n) is 8.63. The summed E-state index contributed by atoms with van der Waals surface area (Å²) in [7, 11) is -4.47. The molecule has 2 heterocycles. The van der Waals surface area contributed by atoms with Crippen LogP contribution in [0.2, 0.25) is 0 Å². The van der Waals surface area contributed by atoms with Gasteiger partial charge in [-0.3, -0.25) is 9.82 Å². The molecule has 0 spiro atoms. The summed E-state index contributed by atoms with van der Waals surface area (Å²) in [5.41, 5.74) is 4.02. The summed E-state index contributed by atoms with van der Waals surface area (Å²) in [5.74, 6) is -2.84. The van der Waals surface area contributed by atoms with Crippen LogP contribution in [0.5, 0.6) is 0 Å². The number of hydrogen-bond acceptors (Lipinski definition) is 6. The van der Waals surface area contributed by atoms with Crippen LogP contribution in [-0.2, 0) is 16.2 Å². The number of nitrogens with zero attached hydrogens (tertiary/aromatic N) is 3. The Morgan fingerprint density at radius 1 is 1.00 bits per heavy atom. The Morgan fingerprint density at radius 2 is 1.69 bits per heavy atom. The highest BCUT2D eigenvalue weighted by atomic mass is 32.2. The zero-order valence-corrected chi connectivity index (χ0v) is 16.4. The lowest BCUT2D eigenvalue weighted by atomic mass is 10.2. The Bertz CT molecular complexity index is 1440. The number of nitrogens with two attached hydrogens (primary N) is 1. The number of aromatic nitrogens is 4. The summed E-state index contributed by atoms with van der Waals surface area (Å²) in [4.78, 5) is 6.62. The number of fused-ring (bicyclic) bond motifs is 1. The summed E-state index contributed by atoms with van der Waals surface area (Å²) >= 11 is 0. The minimum absolute atomic E-state index is 0.0553. The van der Waals surface area contributed by atoms with Gasteiger partial charge in [-0.05, 0) is 42.5 Å². The van der Waals surface area contributed by atoms with Gasteiger partial charge in [-0.1, -0.05) is 0 Å². The fraction of sp³-hybridized carbons (Fsp3) is 0.0556. The Labute approximate surface area is 176 Å². The lowest BCUT2D eigenvalue weighted by molar-refractivity contribution is -0.139. The van der Waals surface area contributed by atoms with Crippen molar-refractivity contribution in [1.29, 1.82) is 0 Å². The minimum atomic E-state index is -4.83. The number of hydrogen-bond donors (Lipinski definition) is 3. The molecule has 0 fully saturated rings. The summed E-state index contributed by atoms with van der Waals surface area (Å²) in [6.07, 6.45) is -4.83. The number of sulfonamides is 1. The van der Waals surface area contributed by atoms with E-state index in [1.807, 2.05) is 0 Å². The maximum atomic E-state index is 13.8. The second kappa shape index (κ2) is 7.40. The van der Waals surface area contributed by atoms with E-state index in [-0.39, 0.29) is 22.7 Å². The van der Waals surface area contributed by atoms with E-state index < -0.39 is 49.6 Å². The number of alkyl halides is 3. The van der Waals surface area contributed by atoms with Gasteiger partial charge in [0.05, 0.1) is 5.39 Å². The fourth-order valence-corrected chi connectivity index (χ4v) is 4.02. The topological polar surface area (TPSA) is 127 Å². The quantitative estimate of drug-likeness (QED) is 0.391. The molecule has 166 valence electrons. The average Bonchev–Trinajstić information content (AvgIpc) is 3.09. The average molecular weight is 470 g/mol. The first-order chi connectivity index (χ1) is 15.0. The third-order valence-electron chi connectivity index (χ3n) is 4.29. The number of nitrogen functional groups attached to an aromatic ring is 1. The van der Waals surface area contributed by atoms with Crippen LogP contribution in [0.3, 0.4) is 0 Å². The van der Waals surface area contributed by atoms with Crippen LogP contribution in [0, 0.1) is 11.6 Å². The third kappa shape index (κ3) is 3.91. The Balaban J connectivity index is 1.69. The number of rotatable bonds is 4. The molecular formula is C18H11F5N6O2S. The second-order valence-electron chi connectivity index (χ2n) is 6.48. The van der Waals surface area contributed by atoms with Crippen molar-refractivity contribution in [2.75, 3.05) is 10.5 Å². The monoisotopic (exact) mass is 470 g/mol. The lowest BCUT2D eigenvalue weighted by Crippen LogP contribution is -2.15. The van der Waals surface area contributed by atoms with E-state index in [0.717, 1.165) is 6.07 Å². The molecule has 32 heavy (non-hydrogen) atoms. The smallest absolute Gasteiger partial charge is 0.382 e. The SMILES string of the molecule is Nc1n[nH]c2nc(-c3ccc(NS(=O)(=O)c4cc(F)ccc4F)cc3)nc(C(F)(F)F)c12. The van der Waals surface area contributed by atoms with Crippen LogP contribution in [0.25, 0.3) is 22.4 Å². The molecule has 0 saturated carbocycles. The molecule has 4 rings (SSSR count). The van der Waals surface area contributed by atoms with Crippen molar-refractivity contribution < 1.29 is 30.4 Å². The zero-order valence-electron chi connectivity index (χ0n) is 15.6. The van der Waals surface area contributed by atoms with E-state index >= 15 is 0 Å². The van der Waals surface area contributed by atoms with Gasteiger partial charge in [0.1, 0.15) is 16.5 Å². The molecule has 4 N–H and O–H groups in total. The highest BCUT2D eigenvalue weighted by Crippen LogP contribution is 2.36. The molecule has 2 aromatic heterocycles. The van der Waals surface area contributed by atoms with Crippen LogP contribution in [0.4, 0.5) is 33.5 Å². The zero-order chi connectivity index (χ0) is 23.3. The van der Waals surface area contributed by atoms with Crippen molar-refractivity contribution in [2.24, 2.45) is 0 Å². The number of aromatic amines is 1. The predicted octanol–water partition coefficient (Wildman–Crippen LogP) is 3.70. The summed E-state index contributed by atoms with van der Waals surface area (Å²) in [6, 6.07) is 6.85. The van der Waals surface area contributed by atoms with Crippen LogP contribution in [-0.4, -0.2) is 28.6 Å². The van der Waals surface area contributed by atoms with E-state index in [1.54, 1.807) is 0 Å². The molecule has 0 aliphatic heterocycles. The van der Waals surface area contributed by atoms with Crippen molar-refractivity contribution in [2.45, 2.75) is 11.1 Å². The summed E-state index contributed by atoms with van der Waals surface area (Å²) in [5, 5.41) is 5.34. The van der Waals surface area contributed by atoms with E-state index in [2.05, 4.69) is 24.9 Å². The standard InChI is InChI=1S/C18H11F5N6O2S/c19-9-3-6-11(20)12(7-9)32(30,31)29-10-4-1-8(2-5-10)16-25-14(18(21,22)23)13-15(24)27-28-17(13)26-16/h1-7,29H,(H3,24,25,26,27,28). The maximum Gasteiger partial charge on any atom is 0.434 e. The lowest BCUT2D eigenvalue weighted by Gasteiger charge is -2.11. The number of nitrogens with one attached hydrogen (secondary N) is 2. The van der Waals surface area contributed by atoms with Gasteiger partial charge in [-0.15, -0.1) is 0 Å². The van der Waals surface area contributed by atoms with E-state index in [9.17, 15) is 30.4 Å². The molecule has 2 aromatic carbocycles. The van der Waals surface area contributed by atoms with Gasteiger partial charge < -0.3 is 5.73 Å². The maximum absolute atomic E-state index is 13.8. The molecule has 0 bridgehead atoms. The molecular weight excluding hydrogens is 459 g/mol. The fourth-order valence-electron chi connectivity index (χ4n) is 2.87. The molecule has 0 saturated heterocycles. The molecule has 0 aliphatic carbocycles. The predicted molar refractivity (Wildman–Crippen MR) is 104 cm³/mol. The molecule has 8 nitrogen and oxygen atoms in total. The van der Waals surface area contributed by atoms with Crippen molar-refractivity contribution in [3.8, 4) is 11.4 Å². The largest absolute Gasteiger partial charge is 0.434 e. The molecule has 0 amide bonds. The highest BCUT2D eigenvalue weighted by Gasteiger charge is 2.37. The van der Waals surface area contributed by atoms with Gasteiger partial charge >= 0.3 is 6.18 Å². The van der Waals surface area contributed by atoms with Gasteiger partial charge in [-0.2, -0.15) is 18.3 Å². The van der Waals surface area contributed by atoms with Gasteiger partial charge in [0.2, 0.25) is 0 Å². The molecule has 4 aromatic rings. The van der Waals surface area contributed by atoms with Crippen molar-refractivity contribution in [3.63, 3.8) is 0 Å². The van der Waals surface area contributed by atoms with Gasteiger partial charge in [0.25, 0.3) is 10.0 Å². The van der Waals surface area contributed by atoms with E-state index in [4.69, 9.17) is 5.73 Å². The molecule has 0 radical (unpaired) electrons. The number of H-pyrrole nitrogens is 1. The summed E-state index contributed by atoms with van der Waals surface area (Å²) in [6.45, 7) is 0. The van der Waals surface area contributed by atoms with Crippen molar-refractivity contribution >= 4 is 32.6 Å². The van der Waals surface area contributed by atoms with Crippen LogP contribution in [0.1, 0.15) is 5.69 Å². The normalized spacial score (nSPS) is 12.3. The molecule has 0 unspecified atom stereocenters. The number of halogens is 5.